The highest BCUT2D eigenvalue weighted by Crippen LogP contribution is 2.29. The molecule has 2 N–H and O–H groups in total. The van der Waals surface area contributed by atoms with Gasteiger partial charge in [0.15, 0.2) is 0 Å². The summed E-state index contributed by atoms with van der Waals surface area (Å²) in [5.74, 6) is 0. The van der Waals surface area contributed by atoms with Gasteiger partial charge >= 0.3 is 6.18 Å². The standard InChI is InChI=1S/C13H12F3NO/c14-13(15,16)10-5-3-9(4-6-10)8-12(18)11-2-1-7-17-11/h1-7,12,17-18H,8H2. The number of aromatic amines is 1. The monoisotopic (exact) mass is 255 g/mol. The van der Waals surface area contributed by atoms with E-state index in [1.54, 1.807) is 18.3 Å². The first-order chi connectivity index (χ1) is 8.47. The maximum Gasteiger partial charge on any atom is 0.416 e. The van der Waals surface area contributed by atoms with E-state index in [-0.39, 0.29) is 6.42 Å². The zero-order valence-electron chi connectivity index (χ0n) is 9.41. The number of rotatable bonds is 3. The summed E-state index contributed by atoms with van der Waals surface area (Å²) in [4.78, 5) is 2.86. The van der Waals surface area contributed by atoms with Crippen molar-refractivity contribution in [2.24, 2.45) is 0 Å². The minimum absolute atomic E-state index is 0.276. The van der Waals surface area contributed by atoms with Gasteiger partial charge in [-0.3, -0.25) is 0 Å². The van der Waals surface area contributed by atoms with Crippen LogP contribution in [0.2, 0.25) is 0 Å². The average molecular weight is 255 g/mol. The largest absolute Gasteiger partial charge is 0.416 e. The van der Waals surface area contributed by atoms with Gasteiger partial charge in [-0.25, -0.2) is 0 Å². The Morgan fingerprint density at radius 2 is 1.78 bits per heavy atom. The molecule has 0 saturated carbocycles. The SMILES string of the molecule is OC(Cc1ccc(C(F)(F)F)cc1)c1ccc[nH]1. The van der Waals surface area contributed by atoms with Crippen LogP contribution in [-0.2, 0) is 12.6 Å². The van der Waals surface area contributed by atoms with Crippen LogP contribution >= 0.6 is 0 Å². The van der Waals surface area contributed by atoms with Gasteiger partial charge in [0.2, 0.25) is 0 Å². The van der Waals surface area contributed by atoms with Gasteiger partial charge in [0, 0.05) is 18.3 Å². The Balaban J connectivity index is 2.07. The van der Waals surface area contributed by atoms with Gasteiger partial charge < -0.3 is 10.1 Å². The first-order valence-corrected chi connectivity index (χ1v) is 5.44. The van der Waals surface area contributed by atoms with Gasteiger partial charge in [-0.1, -0.05) is 12.1 Å². The second-order valence-electron chi connectivity index (χ2n) is 4.04. The number of benzene rings is 1. The Labute approximate surface area is 102 Å². The van der Waals surface area contributed by atoms with Crippen LogP contribution < -0.4 is 0 Å². The van der Waals surface area contributed by atoms with Crippen LogP contribution in [-0.4, -0.2) is 10.1 Å². The van der Waals surface area contributed by atoms with E-state index in [0.29, 0.717) is 11.3 Å². The zero-order valence-corrected chi connectivity index (χ0v) is 9.41. The van der Waals surface area contributed by atoms with Gasteiger partial charge in [-0.2, -0.15) is 13.2 Å². The van der Waals surface area contributed by atoms with Crippen molar-refractivity contribution in [3.05, 3.63) is 59.4 Å². The summed E-state index contributed by atoms with van der Waals surface area (Å²) in [6, 6.07) is 8.30. The van der Waals surface area contributed by atoms with Crippen LogP contribution in [0.3, 0.4) is 0 Å². The van der Waals surface area contributed by atoms with Gasteiger partial charge in [0.1, 0.15) is 0 Å². The van der Waals surface area contributed by atoms with E-state index in [1.165, 1.54) is 12.1 Å². The van der Waals surface area contributed by atoms with Crippen molar-refractivity contribution >= 4 is 0 Å². The summed E-state index contributed by atoms with van der Waals surface area (Å²) in [6.07, 6.45) is -3.10. The lowest BCUT2D eigenvalue weighted by Gasteiger charge is -2.10. The van der Waals surface area contributed by atoms with Crippen molar-refractivity contribution in [3.63, 3.8) is 0 Å². The third-order valence-corrected chi connectivity index (χ3v) is 2.69. The van der Waals surface area contributed by atoms with Crippen molar-refractivity contribution in [2.45, 2.75) is 18.7 Å². The first kappa shape index (κ1) is 12.7. The molecule has 1 aromatic heterocycles. The molecule has 0 fully saturated rings. The number of aliphatic hydroxyl groups excluding tert-OH is 1. The molecule has 1 aromatic carbocycles. The third-order valence-electron chi connectivity index (χ3n) is 2.69. The quantitative estimate of drug-likeness (QED) is 0.867. The molecule has 0 saturated heterocycles. The Bertz CT molecular complexity index is 488. The molecule has 2 rings (SSSR count). The van der Waals surface area contributed by atoms with Crippen molar-refractivity contribution in [2.75, 3.05) is 0 Å². The summed E-state index contributed by atoms with van der Waals surface area (Å²) < 4.78 is 37.1. The smallest absolute Gasteiger partial charge is 0.387 e. The molecule has 1 unspecified atom stereocenters. The summed E-state index contributed by atoms with van der Waals surface area (Å²) in [6.45, 7) is 0. The van der Waals surface area contributed by atoms with Crippen LogP contribution in [0.25, 0.3) is 0 Å². The summed E-state index contributed by atoms with van der Waals surface area (Å²) in [7, 11) is 0. The molecular formula is C13H12F3NO. The number of halogens is 3. The molecule has 2 nitrogen and oxygen atoms in total. The molecular weight excluding hydrogens is 243 g/mol. The summed E-state index contributed by atoms with van der Waals surface area (Å²) in [5, 5.41) is 9.84. The number of H-pyrrole nitrogens is 1. The predicted octanol–water partition coefficient (Wildman–Crippen LogP) is 3.31. The molecule has 0 aliphatic rings. The number of aliphatic hydroxyl groups is 1. The lowest BCUT2D eigenvalue weighted by Crippen LogP contribution is -2.06. The average Bonchev–Trinajstić information content (AvgIpc) is 2.82. The van der Waals surface area contributed by atoms with E-state index in [4.69, 9.17) is 0 Å². The van der Waals surface area contributed by atoms with E-state index >= 15 is 0 Å². The molecule has 2 aromatic rings. The molecule has 0 amide bonds. The van der Waals surface area contributed by atoms with Crippen LogP contribution in [0.15, 0.2) is 42.6 Å². The van der Waals surface area contributed by atoms with E-state index in [9.17, 15) is 18.3 Å². The highest BCUT2D eigenvalue weighted by Gasteiger charge is 2.29. The van der Waals surface area contributed by atoms with Crippen molar-refractivity contribution in [3.8, 4) is 0 Å². The molecule has 0 aliphatic heterocycles. The second kappa shape index (κ2) is 4.86. The molecule has 18 heavy (non-hydrogen) atoms. The van der Waals surface area contributed by atoms with E-state index in [1.807, 2.05) is 0 Å². The minimum Gasteiger partial charge on any atom is -0.387 e. The van der Waals surface area contributed by atoms with Gasteiger partial charge in [0.05, 0.1) is 11.7 Å². The third kappa shape index (κ3) is 2.92. The fourth-order valence-electron chi connectivity index (χ4n) is 1.71. The lowest BCUT2D eigenvalue weighted by molar-refractivity contribution is -0.137. The molecule has 1 heterocycles. The molecule has 0 bridgehead atoms. The maximum atomic E-state index is 12.4. The molecule has 1 atom stereocenters. The van der Waals surface area contributed by atoms with Crippen LogP contribution in [0, 0.1) is 0 Å². The number of hydrogen-bond donors (Lipinski definition) is 2. The Morgan fingerprint density at radius 3 is 2.28 bits per heavy atom. The highest BCUT2D eigenvalue weighted by molar-refractivity contribution is 5.25. The van der Waals surface area contributed by atoms with E-state index < -0.39 is 17.8 Å². The van der Waals surface area contributed by atoms with Gasteiger partial charge in [0.25, 0.3) is 0 Å². The minimum atomic E-state index is -4.32. The highest BCUT2D eigenvalue weighted by atomic mass is 19.4. The predicted molar refractivity (Wildman–Crippen MR) is 60.9 cm³/mol. The Kier molecular flexibility index (Phi) is 3.43. The Morgan fingerprint density at radius 1 is 1.11 bits per heavy atom. The van der Waals surface area contributed by atoms with Gasteiger partial charge in [-0.15, -0.1) is 0 Å². The fourth-order valence-corrected chi connectivity index (χ4v) is 1.71. The molecule has 5 heteroatoms. The maximum absolute atomic E-state index is 12.4. The molecule has 96 valence electrons. The van der Waals surface area contributed by atoms with Crippen molar-refractivity contribution in [1.29, 1.82) is 0 Å². The van der Waals surface area contributed by atoms with Crippen LogP contribution in [0.4, 0.5) is 13.2 Å². The summed E-state index contributed by atoms with van der Waals surface area (Å²) in [5.41, 5.74) is 0.626. The van der Waals surface area contributed by atoms with Gasteiger partial charge in [-0.05, 0) is 29.8 Å². The van der Waals surface area contributed by atoms with Crippen molar-refractivity contribution in [1.82, 2.24) is 4.98 Å². The zero-order chi connectivity index (χ0) is 13.2. The number of hydrogen-bond acceptors (Lipinski definition) is 1. The van der Waals surface area contributed by atoms with Crippen LogP contribution in [0.1, 0.15) is 22.9 Å². The fraction of sp³-hybridized carbons (Fsp3) is 0.231. The number of nitrogens with one attached hydrogen (secondary N) is 1. The van der Waals surface area contributed by atoms with Crippen LogP contribution in [0.5, 0.6) is 0 Å². The number of aromatic nitrogens is 1. The van der Waals surface area contributed by atoms with E-state index in [0.717, 1.165) is 12.1 Å². The number of alkyl halides is 3. The van der Waals surface area contributed by atoms with Crippen molar-refractivity contribution < 1.29 is 18.3 Å². The molecule has 0 spiro atoms. The second-order valence-corrected chi connectivity index (χ2v) is 4.04. The van der Waals surface area contributed by atoms with E-state index in [2.05, 4.69) is 4.98 Å². The molecule has 0 radical (unpaired) electrons. The Hall–Kier alpha value is -1.75. The molecule has 0 aliphatic carbocycles. The summed E-state index contributed by atoms with van der Waals surface area (Å²) >= 11 is 0. The normalized spacial score (nSPS) is 13.6. The topological polar surface area (TPSA) is 36.0 Å². The first-order valence-electron chi connectivity index (χ1n) is 5.44. The lowest BCUT2D eigenvalue weighted by atomic mass is 10.0.